The predicted molar refractivity (Wildman–Crippen MR) is 56.1 cm³/mol. The third-order valence-electron chi connectivity index (χ3n) is 2.13. The highest BCUT2D eigenvalue weighted by Gasteiger charge is 2.30. The summed E-state index contributed by atoms with van der Waals surface area (Å²) in [5.74, 6) is -0.549. The highest BCUT2D eigenvalue weighted by atomic mass is 35.5. The van der Waals surface area contributed by atoms with E-state index in [1.165, 1.54) is 12.1 Å². The third kappa shape index (κ3) is 2.51. The summed E-state index contributed by atoms with van der Waals surface area (Å²) >= 11 is 5.61. The number of hydrogen-bond acceptors (Lipinski definition) is 6. The second-order valence-electron chi connectivity index (χ2n) is 3.30. The number of pyridine rings is 1. The number of aromatic nitrogens is 1. The topological polar surface area (TPSA) is 91.6 Å². The molecule has 1 aromatic rings. The van der Waals surface area contributed by atoms with E-state index in [2.05, 4.69) is 4.98 Å². The van der Waals surface area contributed by atoms with E-state index in [1.54, 1.807) is 0 Å². The fourth-order valence-corrected chi connectivity index (χ4v) is 1.46. The number of nitrogens with zero attached hydrogens (tertiary/aromatic N) is 2. The predicted octanol–water partition coefficient (Wildman–Crippen LogP) is 0.990. The SMILES string of the molecule is O=C1COC[C@@H]1Oc1nc(Cl)ccc1[N+](=O)[O-]. The maximum Gasteiger partial charge on any atom is 0.331 e. The van der Waals surface area contributed by atoms with Crippen molar-refractivity contribution in [2.45, 2.75) is 6.10 Å². The Labute approximate surface area is 100 Å². The van der Waals surface area contributed by atoms with Gasteiger partial charge in [-0.05, 0) is 6.07 Å². The summed E-state index contributed by atoms with van der Waals surface area (Å²) < 4.78 is 10.0. The number of halogens is 1. The minimum absolute atomic E-state index is 0.0527. The first-order valence-corrected chi connectivity index (χ1v) is 5.04. The Hall–Kier alpha value is -1.73. The quantitative estimate of drug-likeness (QED) is 0.456. The molecular weight excluding hydrogens is 252 g/mol. The van der Waals surface area contributed by atoms with Crippen molar-refractivity contribution in [1.29, 1.82) is 0 Å². The zero-order valence-corrected chi connectivity index (χ0v) is 9.22. The zero-order valence-electron chi connectivity index (χ0n) is 8.46. The number of carbonyl (C=O) groups is 1. The average molecular weight is 259 g/mol. The molecule has 1 fully saturated rings. The van der Waals surface area contributed by atoms with E-state index in [0.29, 0.717) is 0 Å². The molecule has 0 aromatic carbocycles. The van der Waals surface area contributed by atoms with E-state index in [0.717, 1.165) is 0 Å². The Bertz CT molecular complexity index is 478. The molecule has 1 aliphatic heterocycles. The second-order valence-corrected chi connectivity index (χ2v) is 3.69. The molecule has 1 aromatic heterocycles. The van der Waals surface area contributed by atoms with Crippen molar-refractivity contribution in [2.24, 2.45) is 0 Å². The molecule has 0 unspecified atom stereocenters. The summed E-state index contributed by atoms with van der Waals surface area (Å²) in [5.41, 5.74) is -0.339. The van der Waals surface area contributed by atoms with Gasteiger partial charge in [-0.25, -0.2) is 0 Å². The highest BCUT2D eigenvalue weighted by molar-refractivity contribution is 6.29. The molecule has 2 rings (SSSR count). The molecule has 0 radical (unpaired) electrons. The monoisotopic (exact) mass is 258 g/mol. The number of carbonyl (C=O) groups excluding carboxylic acids is 1. The lowest BCUT2D eigenvalue weighted by atomic mass is 10.3. The Kier molecular flexibility index (Phi) is 3.21. The van der Waals surface area contributed by atoms with Gasteiger partial charge in [0.1, 0.15) is 11.8 Å². The van der Waals surface area contributed by atoms with Crippen molar-refractivity contribution in [3.63, 3.8) is 0 Å². The van der Waals surface area contributed by atoms with Gasteiger partial charge in [0.15, 0.2) is 6.10 Å². The van der Waals surface area contributed by atoms with Crippen LogP contribution in [0.5, 0.6) is 5.88 Å². The normalized spacial score (nSPS) is 19.4. The zero-order chi connectivity index (χ0) is 12.4. The number of ether oxygens (including phenoxy) is 2. The van der Waals surface area contributed by atoms with Gasteiger partial charge in [0.25, 0.3) is 5.88 Å². The molecule has 7 nitrogen and oxygen atoms in total. The molecule has 1 atom stereocenters. The Balaban J connectivity index is 2.27. The van der Waals surface area contributed by atoms with Crippen LogP contribution in [0.25, 0.3) is 0 Å². The van der Waals surface area contributed by atoms with Gasteiger partial charge in [0.05, 0.1) is 11.5 Å². The number of hydrogen-bond donors (Lipinski definition) is 0. The van der Waals surface area contributed by atoms with Gasteiger partial charge in [-0.2, -0.15) is 4.98 Å². The van der Waals surface area contributed by atoms with Crippen molar-refractivity contribution in [1.82, 2.24) is 4.98 Å². The van der Waals surface area contributed by atoms with Gasteiger partial charge in [-0.1, -0.05) is 11.6 Å². The first-order valence-electron chi connectivity index (χ1n) is 4.66. The van der Waals surface area contributed by atoms with Crippen molar-refractivity contribution in [3.8, 4) is 5.88 Å². The summed E-state index contributed by atoms with van der Waals surface area (Å²) in [6.45, 7) is 0.00319. The number of nitro groups is 1. The molecule has 2 heterocycles. The molecule has 90 valence electrons. The summed E-state index contributed by atoms with van der Waals surface area (Å²) in [5, 5.41) is 10.8. The fraction of sp³-hybridized carbons (Fsp3) is 0.333. The number of rotatable bonds is 3. The van der Waals surface area contributed by atoms with E-state index in [4.69, 9.17) is 21.1 Å². The molecule has 0 amide bonds. The maximum atomic E-state index is 11.3. The molecule has 8 heteroatoms. The van der Waals surface area contributed by atoms with Crippen LogP contribution < -0.4 is 4.74 Å². The van der Waals surface area contributed by atoms with Gasteiger partial charge in [0.2, 0.25) is 5.78 Å². The van der Waals surface area contributed by atoms with Crippen LogP contribution in [0.2, 0.25) is 5.15 Å². The largest absolute Gasteiger partial charge is 0.459 e. The molecular formula is C9H7ClN2O5. The first kappa shape index (κ1) is 11.7. The molecule has 0 bridgehead atoms. The van der Waals surface area contributed by atoms with Crippen molar-refractivity contribution in [3.05, 3.63) is 27.4 Å². The van der Waals surface area contributed by atoms with Crippen LogP contribution in [-0.2, 0) is 9.53 Å². The first-order chi connectivity index (χ1) is 8.08. The standard InChI is InChI=1S/C9H7ClN2O5/c10-8-2-1-5(12(14)15)9(11-8)17-7-4-16-3-6(7)13/h1-2,7H,3-4H2/t7-/m0/s1. The van der Waals surface area contributed by atoms with Crippen LogP contribution in [0, 0.1) is 10.1 Å². The molecule has 17 heavy (non-hydrogen) atoms. The second kappa shape index (κ2) is 4.64. The van der Waals surface area contributed by atoms with Gasteiger partial charge < -0.3 is 9.47 Å². The molecule has 0 spiro atoms. The Morgan fingerprint density at radius 1 is 1.59 bits per heavy atom. The van der Waals surface area contributed by atoms with Crippen molar-refractivity contribution >= 4 is 23.1 Å². The van der Waals surface area contributed by atoms with E-state index in [1.807, 2.05) is 0 Å². The van der Waals surface area contributed by atoms with Crippen LogP contribution in [0.1, 0.15) is 0 Å². The van der Waals surface area contributed by atoms with Gasteiger partial charge in [-0.15, -0.1) is 0 Å². The van der Waals surface area contributed by atoms with Crippen LogP contribution >= 0.6 is 11.6 Å². The Morgan fingerprint density at radius 2 is 2.35 bits per heavy atom. The molecule has 0 saturated carbocycles. The van der Waals surface area contributed by atoms with Gasteiger partial charge in [0, 0.05) is 6.07 Å². The van der Waals surface area contributed by atoms with Crippen molar-refractivity contribution in [2.75, 3.05) is 13.2 Å². The lowest BCUT2D eigenvalue weighted by molar-refractivity contribution is -0.386. The fourth-order valence-electron chi connectivity index (χ4n) is 1.32. The van der Waals surface area contributed by atoms with Crippen molar-refractivity contribution < 1.29 is 19.2 Å². The summed E-state index contributed by atoms with van der Waals surface area (Å²) in [4.78, 5) is 25.0. The third-order valence-corrected chi connectivity index (χ3v) is 2.34. The van der Waals surface area contributed by atoms with E-state index >= 15 is 0 Å². The van der Waals surface area contributed by atoms with Gasteiger partial charge in [-0.3, -0.25) is 14.9 Å². The summed E-state index contributed by atoms with van der Waals surface area (Å²) in [7, 11) is 0. The van der Waals surface area contributed by atoms with Crippen LogP contribution in [0.4, 0.5) is 5.69 Å². The minimum Gasteiger partial charge on any atom is -0.459 e. The van der Waals surface area contributed by atoms with Crippen LogP contribution in [0.15, 0.2) is 12.1 Å². The molecule has 1 aliphatic rings. The van der Waals surface area contributed by atoms with E-state index < -0.39 is 11.0 Å². The molecule has 1 saturated heterocycles. The number of ketones is 1. The summed E-state index contributed by atoms with van der Waals surface area (Å²) in [6, 6.07) is 2.45. The lowest BCUT2D eigenvalue weighted by Gasteiger charge is -2.09. The van der Waals surface area contributed by atoms with E-state index in [9.17, 15) is 14.9 Å². The highest BCUT2D eigenvalue weighted by Crippen LogP contribution is 2.27. The lowest BCUT2D eigenvalue weighted by Crippen LogP contribution is -2.26. The van der Waals surface area contributed by atoms with Gasteiger partial charge >= 0.3 is 5.69 Å². The van der Waals surface area contributed by atoms with Crippen LogP contribution in [-0.4, -0.2) is 35.0 Å². The summed E-state index contributed by atoms with van der Waals surface area (Å²) in [6.07, 6.45) is -0.861. The smallest absolute Gasteiger partial charge is 0.331 e. The maximum absolute atomic E-state index is 11.3. The molecule has 0 aliphatic carbocycles. The molecule has 0 N–H and O–H groups in total. The Morgan fingerprint density at radius 3 is 2.94 bits per heavy atom. The van der Waals surface area contributed by atoms with E-state index in [-0.39, 0.29) is 35.7 Å². The average Bonchev–Trinajstić information content (AvgIpc) is 2.64. The van der Waals surface area contributed by atoms with Crippen LogP contribution in [0.3, 0.4) is 0 Å². The minimum atomic E-state index is -0.861. The number of Topliss-reactive ketones (excluding diaryl/α,β-unsaturated/α-hetero) is 1.